The van der Waals surface area contributed by atoms with Gasteiger partial charge in [-0.25, -0.2) is 8.42 Å². The second-order valence-corrected chi connectivity index (χ2v) is 6.91. The lowest BCUT2D eigenvalue weighted by molar-refractivity contribution is 0.486. The maximum absolute atomic E-state index is 12.3. The van der Waals surface area contributed by atoms with E-state index >= 15 is 0 Å². The van der Waals surface area contributed by atoms with Gasteiger partial charge < -0.3 is 5.73 Å². The molecule has 0 aromatic heterocycles. The van der Waals surface area contributed by atoms with Crippen molar-refractivity contribution in [1.29, 1.82) is 0 Å². The van der Waals surface area contributed by atoms with Gasteiger partial charge in [0.1, 0.15) is 0 Å². The first kappa shape index (κ1) is 13.2. The quantitative estimate of drug-likeness (QED) is 0.828. The predicted molar refractivity (Wildman–Crippen MR) is 75.0 cm³/mol. The van der Waals surface area contributed by atoms with E-state index in [0.717, 1.165) is 37.7 Å². The maximum Gasteiger partial charge on any atom is 0.235 e. The molecule has 1 fully saturated rings. The van der Waals surface area contributed by atoms with Crippen molar-refractivity contribution >= 4 is 21.4 Å². The molecule has 0 bridgehead atoms. The van der Waals surface area contributed by atoms with Crippen LogP contribution in [-0.2, 0) is 10.0 Å². The van der Waals surface area contributed by atoms with Gasteiger partial charge in [-0.3, -0.25) is 4.72 Å². The van der Waals surface area contributed by atoms with E-state index in [9.17, 15) is 8.42 Å². The van der Waals surface area contributed by atoms with Crippen molar-refractivity contribution in [3.8, 4) is 0 Å². The normalized spacial score (nSPS) is 17.6. The van der Waals surface area contributed by atoms with Gasteiger partial charge in [-0.1, -0.05) is 31.4 Å². The molecule has 1 aromatic rings. The zero-order chi connectivity index (χ0) is 13.2. The Kier molecular flexibility index (Phi) is 3.80. The number of benzene rings is 1. The van der Waals surface area contributed by atoms with E-state index in [4.69, 9.17) is 5.73 Å². The molecule has 0 amide bonds. The first-order chi connectivity index (χ1) is 8.50. The first-order valence-corrected chi connectivity index (χ1v) is 7.92. The number of nitrogens with one attached hydrogen (secondary N) is 1. The van der Waals surface area contributed by atoms with Crippen LogP contribution in [0.25, 0.3) is 0 Å². The van der Waals surface area contributed by atoms with E-state index < -0.39 is 10.0 Å². The highest BCUT2D eigenvalue weighted by Gasteiger charge is 2.27. The van der Waals surface area contributed by atoms with Crippen molar-refractivity contribution in [1.82, 2.24) is 0 Å². The number of sulfonamides is 1. The third kappa shape index (κ3) is 2.77. The van der Waals surface area contributed by atoms with E-state index in [1.165, 1.54) is 0 Å². The van der Waals surface area contributed by atoms with Crippen LogP contribution in [0.5, 0.6) is 0 Å². The molecule has 0 heterocycles. The molecule has 18 heavy (non-hydrogen) atoms. The maximum atomic E-state index is 12.3. The largest absolute Gasteiger partial charge is 0.397 e. The lowest BCUT2D eigenvalue weighted by atomic mass is 10.0. The average molecular weight is 268 g/mol. The van der Waals surface area contributed by atoms with E-state index in [-0.39, 0.29) is 5.25 Å². The summed E-state index contributed by atoms with van der Waals surface area (Å²) < 4.78 is 27.3. The van der Waals surface area contributed by atoms with Crippen LogP contribution >= 0.6 is 0 Å². The Bertz CT molecular complexity index is 500. The Balaban J connectivity index is 2.22. The zero-order valence-corrected chi connectivity index (χ0v) is 11.5. The number of nitrogens with two attached hydrogens (primary N) is 1. The molecule has 1 aliphatic carbocycles. The van der Waals surface area contributed by atoms with Gasteiger partial charge >= 0.3 is 0 Å². The molecule has 0 radical (unpaired) electrons. The average Bonchev–Trinajstić information content (AvgIpc) is 2.35. The van der Waals surface area contributed by atoms with E-state index in [0.29, 0.717) is 11.4 Å². The summed E-state index contributed by atoms with van der Waals surface area (Å²) in [4.78, 5) is 0. The van der Waals surface area contributed by atoms with Gasteiger partial charge in [-0.15, -0.1) is 0 Å². The van der Waals surface area contributed by atoms with Crippen molar-refractivity contribution in [2.24, 2.45) is 0 Å². The molecule has 5 heteroatoms. The molecule has 0 aliphatic heterocycles. The highest BCUT2D eigenvalue weighted by atomic mass is 32.2. The van der Waals surface area contributed by atoms with Gasteiger partial charge in [0.2, 0.25) is 10.0 Å². The zero-order valence-electron chi connectivity index (χ0n) is 10.6. The molecule has 100 valence electrons. The molecule has 0 saturated heterocycles. The fraction of sp³-hybridized carbons (Fsp3) is 0.538. The van der Waals surface area contributed by atoms with Crippen molar-refractivity contribution in [3.63, 3.8) is 0 Å². The number of nitrogen functional groups attached to an aromatic ring is 1. The van der Waals surface area contributed by atoms with Crippen molar-refractivity contribution in [2.45, 2.75) is 44.3 Å². The lowest BCUT2D eigenvalue weighted by Crippen LogP contribution is -2.30. The number of para-hydroxylation sites is 1. The third-order valence-corrected chi connectivity index (χ3v) is 5.38. The van der Waals surface area contributed by atoms with Crippen molar-refractivity contribution in [3.05, 3.63) is 23.8 Å². The van der Waals surface area contributed by atoms with Crippen LogP contribution in [0.15, 0.2) is 18.2 Å². The summed E-state index contributed by atoms with van der Waals surface area (Å²) in [5.41, 5.74) is 7.70. The molecule has 0 spiro atoms. The monoisotopic (exact) mass is 268 g/mol. The molecular formula is C13H20N2O2S. The number of hydrogen-bond acceptors (Lipinski definition) is 3. The first-order valence-electron chi connectivity index (χ1n) is 6.37. The van der Waals surface area contributed by atoms with Crippen LogP contribution in [0.2, 0.25) is 0 Å². The smallest absolute Gasteiger partial charge is 0.235 e. The standard InChI is InChI=1S/C13H20N2O2S/c1-10-6-5-9-12(14)13(10)15-18(16,17)11-7-3-2-4-8-11/h5-6,9,11,15H,2-4,7-8,14H2,1H3. The molecule has 0 unspecified atom stereocenters. The molecule has 4 nitrogen and oxygen atoms in total. The van der Waals surface area contributed by atoms with Crippen LogP contribution in [0.3, 0.4) is 0 Å². The molecule has 1 aromatic carbocycles. The third-order valence-electron chi connectivity index (χ3n) is 3.54. The minimum Gasteiger partial charge on any atom is -0.397 e. The lowest BCUT2D eigenvalue weighted by Gasteiger charge is -2.23. The Morgan fingerprint density at radius 3 is 2.50 bits per heavy atom. The Morgan fingerprint density at radius 1 is 1.22 bits per heavy atom. The number of aryl methyl sites for hydroxylation is 1. The van der Waals surface area contributed by atoms with Crippen molar-refractivity contribution < 1.29 is 8.42 Å². The second-order valence-electron chi connectivity index (χ2n) is 4.95. The number of rotatable bonds is 3. The van der Waals surface area contributed by atoms with Crippen molar-refractivity contribution in [2.75, 3.05) is 10.5 Å². The minimum atomic E-state index is -3.31. The predicted octanol–water partition coefficient (Wildman–Crippen LogP) is 2.65. The molecular weight excluding hydrogens is 248 g/mol. The Labute approximate surface area is 109 Å². The summed E-state index contributed by atoms with van der Waals surface area (Å²) in [6.07, 6.45) is 4.63. The molecule has 2 rings (SSSR count). The van der Waals surface area contributed by atoms with Gasteiger partial charge in [-0.05, 0) is 31.4 Å². The number of anilines is 2. The van der Waals surface area contributed by atoms with Crippen LogP contribution in [-0.4, -0.2) is 13.7 Å². The van der Waals surface area contributed by atoms with Gasteiger partial charge in [0.25, 0.3) is 0 Å². The SMILES string of the molecule is Cc1cccc(N)c1NS(=O)(=O)C1CCCCC1. The summed E-state index contributed by atoms with van der Waals surface area (Å²) in [6, 6.07) is 5.39. The topological polar surface area (TPSA) is 72.2 Å². The van der Waals surface area contributed by atoms with Crippen LogP contribution in [0, 0.1) is 6.92 Å². The minimum absolute atomic E-state index is 0.273. The van der Waals surface area contributed by atoms with Gasteiger partial charge in [0.15, 0.2) is 0 Å². The van der Waals surface area contributed by atoms with Crippen LogP contribution in [0.1, 0.15) is 37.7 Å². The van der Waals surface area contributed by atoms with Gasteiger partial charge in [0.05, 0.1) is 16.6 Å². The van der Waals surface area contributed by atoms with Gasteiger partial charge in [0, 0.05) is 0 Å². The fourth-order valence-electron chi connectivity index (χ4n) is 2.43. The Morgan fingerprint density at radius 2 is 1.89 bits per heavy atom. The summed E-state index contributed by atoms with van der Waals surface area (Å²) in [5.74, 6) is 0. The highest BCUT2D eigenvalue weighted by Crippen LogP contribution is 2.29. The molecule has 1 saturated carbocycles. The Hall–Kier alpha value is -1.23. The van der Waals surface area contributed by atoms with Crippen LogP contribution < -0.4 is 10.5 Å². The summed E-state index contributed by atoms with van der Waals surface area (Å²) in [5, 5.41) is -0.273. The van der Waals surface area contributed by atoms with Crippen LogP contribution in [0.4, 0.5) is 11.4 Å². The summed E-state index contributed by atoms with van der Waals surface area (Å²) in [7, 11) is -3.31. The summed E-state index contributed by atoms with van der Waals surface area (Å²) >= 11 is 0. The van der Waals surface area contributed by atoms with E-state index in [1.807, 2.05) is 19.1 Å². The summed E-state index contributed by atoms with van der Waals surface area (Å²) in [6.45, 7) is 1.86. The molecule has 3 N–H and O–H groups in total. The molecule has 0 atom stereocenters. The number of hydrogen-bond donors (Lipinski definition) is 2. The second kappa shape index (κ2) is 5.18. The highest BCUT2D eigenvalue weighted by molar-refractivity contribution is 7.93. The molecule has 1 aliphatic rings. The fourth-order valence-corrected chi connectivity index (χ4v) is 4.11. The van der Waals surface area contributed by atoms with Gasteiger partial charge in [-0.2, -0.15) is 0 Å². The van der Waals surface area contributed by atoms with E-state index in [2.05, 4.69) is 4.72 Å². The van der Waals surface area contributed by atoms with E-state index in [1.54, 1.807) is 6.07 Å².